The average Bonchev–Trinajstić information content (AvgIpc) is 2.49. The van der Waals surface area contributed by atoms with Crippen LogP contribution >= 0.6 is 0 Å². The molecule has 2 aromatic carbocycles. The van der Waals surface area contributed by atoms with Crippen LogP contribution in [-0.2, 0) is 9.59 Å². The van der Waals surface area contributed by atoms with Gasteiger partial charge in [0.1, 0.15) is 5.78 Å². The topological polar surface area (TPSA) is 63.2 Å². The van der Waals surface area contributed by atoms with Crippen LogP contribution in [0, 0.1) is 5.92 Å². The third-order valence-electron chi connectivity index (χ3n) is 3.03. The van der Waals surface area contributed by atoms with E-state index in [9.17, 15) is 14.4 Å². The van der Waals surface area contributed by atoms with E-state index >= 15 is 0 Å². The van der Waals surface area contributed by atoms with Crippen LogP contribution in [0.3, 0.4) is 0 Å². The summed E-state index contributed by atoms with van der Waals surface area (Å²) in [7, 11) is 0. The van der Waals surface area contributed by atoms with Crippen LogP contribution in [0.25, 0.3) is 0 Å². The van der Waals surface area contributed by atoms with Gasteiger partial charge in [0.05, 0.1) is 0 Å². The molecule has 0 aliphatic heterocycles. The number of carbonyl (C=O) groups is 3. The van der Waals surface area contributed by atoms with Crippen molar-refractivity contribution >= 4 is 23.2 Å². The van der Waals surface area contributed by atoms with Crippen molar-refractivity contribution in [1.29, 1.82) is 0 Å². The van der Waals surface area contributed by atoms with E-state index in [0.29, 0.717) is 11.3 Å². The van der Waals surface area contributed by atoms with Gasteiger partial charge < -0.3 is 5.32 Å². The van der Waals surface area contributed by atoms with Crippen LogP contribution in [0.2, 0.25) is 0 Å². The lowest BCUT2D eigenvalue weighted by Gasteiger charge is -2.13. The number of rotatable bonds is 5. The molecule has 1 atom stereocenters. The van der Waals surface area contributed by atoms with Crippen LogP contribution in [-0.4, -0.2) is 17.5 Å². The summed E-state index contributed by atoms with van der Waals surface area (Å²) in [5, 5.41) is 2.59. The van der Waals surface area contributed by atoms with Gasteiger partial charge in [0.2, 0.25) is 5.91 Å². The van der Waals surface area contributed by atoms with Crippen molar-refractivity contribution in [3.63, 3.8) is 0 Å². The van der Waals surface area contributed by atoms with Crippen molar-refractivity contribution in [3.8, 4) is 0 Å². The summed E-state index contributed by atoms with van der Waals surface area (Å²) in [6, 6.07) is 17.1. The number of carbonyl (C=O) groups excluding carboxylic acids is 3. The number of para-hydroxylation sites is 1. The maximum absolute atomic E-state index is 12.3. The number of amides is 1. The van der Waals surface area contributed by atoms with Gasteiger partial charge in [-0.05, 0) is 19.1 Å². The molecule has 0 heterocycles. The number of hydrogen-bond acceptors (Lipinski definition) is 3. The van der Waals surface area contributed by atoms with Gasteiger partial charge in [-0.25, -0.2) is 0 Å². The summed E-state index contributed by atoms with van der Waals surface area (Å²) in [6.45, 7) is 1.25. The molecule has 0 saturated carbocycles. The van der Waals surface area contributed by atoms with E-state index in [1.54, 1.807) is 54.6 Å². The zero-order valence-electron chi connectivity index (χ0n) is 11.6. The Morgan fingerprint density at radius 1 is 0.857 bits per heavy atom. The lowest BCUT2D eigenvalue weighted by molar-refractivity contribution is -0.127. The highest BCUT2D eigenvalue weighted by Crippen LogP contribution is 2.14. The van der Waals surface area contributed by atoms with Gasteiger partial charge in [-0.15, -0.1) is 0 Å². The van der Waals surface area contributed by atoms with E-state index in [2.05, 4.69) is 5.32 Å². The smallest absolute Gasteiger partial charge is 0.242 e. The van der Waals surface area contributed by atoms with E-state index < -0.39 is 23.4 Å². The molecule has 0 aliphatic carbocycles. The zero-order valence-corrected chi connectivity index (χ0v) is 11.6. The standard InChI is InChI=1S/C17H15NO3/c1-12(19)15(16(20)13-8-4-2-5-9-13)17(21)18-14-10-6-3-7-11-14/h2-11,15H,1H3,(H,18,21). The Labute approximate surface area is 122 Å². The van der Waals surface area contributed by atoms with Gasteiger partial charge >= 0.3 is 0 Å². The zero-order chi connectivity index (χ0) is 15.2. The summed E-state index contributed by atoms with van der Waals surface area (Å²) < 4.78 is 0. The second-order valence-corrected chi connectivity index (χ2v) is 4.63. The Hall–Kier alpha value is -2.75. The molecular weight excluding hydrogens is 266 g/mol. The predicted molar refractivity (Wildman–Crippen MR) is 80.0 cm³/mol. The average molecular weight is 281 g/mol. The van der Waals surface area contributed by atoms with Crippen LogP contribution in [0.5, 0.6) is 0 Å². The molecule has 0 radical (unpaired) electrons. The highest BCUT2D eigenvalue weighted by atomic mass is 16.2. The summed E-state index contributed by atoms with van der Waals surface area (Å²) in [6.07, 6.45) is 0. The molecule has 1 N–H and O–H groups in total. The minimum absolute atomic E-state index is 0.348. The molecular formula is C17H15NO3. The summed E-state index contributed by atoms with van der Waals surface area (Å²) in [5.74, 6) is -2.90. The summed E-state index contributed by atoms with van der Waals surface area (Å²) >= 11 is 0. The van der Waals surface area contributed by atoms with Gasteiger partial charge in [0.15, 0.2) is 11.7 Å². The van der Waals surface area contributed by atoms with Gasteiger partial charge in [-0.3, -0.25) is 14.4 Å². The highest BCUT2D eigenvalue weighted by Gasteiger charge is 2.31. The largest absolute Gasteiger partial charge is 0.325 e. The van der Waals surface area contributed by atoms with Crippen molar-refractivity contribution in [2.45, 2.75) is 6.92 Å². The normalized spacial score (nSPS) is 11.5. The molecule has 0 fully saturated rings. The third-order valence-corrected chi connectivity index (χ3v) is 3.03. The number of benzene rings is 2. The third kappa shape index (κ3) is 3.63. The molecule has 0 bridgehead atoms. The molecule has 0 spiro atoms. The first kappa shape index (κ1) is 14.7. The first-order valence-corrected chi connectivity index (χ1v) is 6.55. The lowest BCUT2D eigenvalue weighted by atomic mass is 9.93. The van der Waals surface area contributed by atoms with Crippen LogP contribution in [0.1, 0.15) is 17.3 Å². The molecule has 4 heteroatoms. The van der Waals surface area contributed by atoms with Crippen LogP contribution < -0.4 is 5.32 Å². The van der Waals surface area contributed by atoms with E-state index in [1.807, 2.05) is 6.07 Å². The Kier molecular flexibility index (Phi) is 4.61. The molecule has 21 heavy (non-hydrogen) atoms. The van der Waals surface area contributed by atoms with E-state index in [4.69, 9.17) is 0 Å². The second-order valence-electron chi connectivity index (χ2n) is 4.63. The first-order valence-electron chi connectivity index (χ1n) is 6.55. The van der Waals surface area contributed by atoms with Gasteiger partial charge in [0.25, 0.3) is 0 Å². The highest BCUT2D eigenvalue weighted by molar-refractivity contribution is 6.25. The number of anilines is 1. The fraction of sp³-hybridized carbons (Fsp3) is 0.118. The molecule has 0 aliphatic rings. The fourth-order valence-corrected chi connectivity index (χ4v) is 1.99. The van der Waals surface area contributed by atoms with E-state index in [1.165, 1.54) is 6.92 Å². The maximum atomic E-state index is 12.3. The van der Waals surface area contributed by atoms with Crippen molar-refractivity contribution in [2.75, 3.05) is 5.32 Å². The lowest BCUT2D eigenvalue weighted by Crippen LogP contribution is -2.35. The summed E-state index contributed by atoms with van der Waals surface area (Å²) in [5.41, 5.74) is 0.899. The maximum Gasteiger partial charge on any atom is 0.242 e. The Morgan fingerprint density at radius 3 is 1.90 bits per heavy atom. The SMILES string of the molecule is CC(=O)C(C(=O)Nc1ccccc1)C(=O)c1ccccc1. The molecule has 2 aromatic rings. The van der Waals surface area contributed by atoms with E-state index in [0.717, 1.165) is 0 Å². The summed E-state index contributed by atoms with van der Waals surface area (Å²) in [4.78, 5) is 36.3. The van der Waals surface area contributed by atoms with Crippen LogP contribution in [0.15, 0.2) is 60.7 Å². The number of ketones is 2. The predicted octanol–water partition coefficient (Wildman–Crippen LogP) is 2.71. The van der Waals surface area contributed by atoms with Crippen LogP contribution in [0.4, 0.5) is 5.69 Å². The number of hydrogen-bond donors (Lipinski definition) is 1. The minimum Gasteiger partial charge on any atom is -0.325 e. The van der Waals surface area contributed by atoms with Crippen molar-refractivity contribution in [2.24, 2.45) is 5.92 Å². The van der Waals surface area contributed by atoms with Gasteiger partial charge in [-0.2, -0.15) is 0 Å². The molecule has 0 saturated heterocycles. The Bertz CT molecular complexity index is 650. The fourth-order valence-electron chi connectivity index (χ4n) is 1.99. The Balaban J connectivity index is 2.21. The second kappa shape index (κ2) is 6.61. The molecule has 1 amide bonds. The first-order chi connectivity index (χ1) is 10.1. The van der Waals surface area contributed by atoms with Gasteiger partial charge in [-0.1, -0.05) is 48.5 Å². The number of Topliss-reactive ketones (excluding diaryl/α,β-unsaturated/α-hetero) is 2. The van der Waals surface area contributed by atoms with Crippen molar-refractivity contribution in [1.82, 2.24) is 0 Å². The quantitative estimate of drug-likeness (QED) is 0.677. The molecule has 106 valence electrons. The van der Waals surface area contributed by atoms with Crippen molar-refractivity contribution < 1.29 is 14.4 Å². The molecule has 1 unspecified atom stereocenters. The molecule has 2 rings (SSSR count). The molecule has 0 aromatic heterocycles. The minimum atomic E-state index is -1.33. The van der Waals surface area contributed by atoms with E-state index in [-0.39, 0.29) is 0 Å². The number of nitrogens with one attached hydrogen (secondary N) is 1. The monoisotopic (exact) mass is 281 g/mol. The van der Waals surface area contributed by atoms with Gasteiger partial charge in [0, 0.05) is 11.3 Å². The molecule has 4 nitrogen and oxygen atoms in total. The van der Waals surface area contributed by atoms with Crippen molar-refractivity contribution in [3.05, 3.63) is 66.2 Å². The Morgan fingerprint density at radius 2 is 1.38 bits per heavy atom.